The van der Waals surface area contributed by atoms with Gasteiger partial charge in [-0.15, -0.1) is 0 Å². The second kappa shape index (κ2) is 7.93. The number of hydrogen-bond donors (Lipinski definition) is 0. The van der Waals surface area contributed by atoms with E-state index in [1.165, 1.54) is 5.56 Å². The van der Waals surface area contributed by atoms with E-state index in [2.05, 4.69) is 39.0 Å². The van der Waals surface area contributed by atoms with Crippen molar-refractivity contribution in [2.24, 2.45) is 0 Å². The first-order valence-electron chi connectivity index (χ1n) is 9.13. The number of aromatic nitrogens is 1. The average Bonchev–Trinajstić information content (AvgIpc) is 3.04. The molecule has 0 N–H and O–H groups in total. The van der Waals surface area contributed by atoms with Gasteiger partial charge in [-0.1, -0.05) is 6.07 Å². The van der Waals surface area contributed by atoms with Gasteiger partial charge in [-0.05, 0) is 49.3 Å². The summed E-state index contributed by atoms with van der Waals surface area (Å²) in [5, 5.41) is 0. The standard InChI is InChI=1S/C20H25N3O3/c1-24-18-11-16(12-19-20(18)26-15-25-19)13-22-7-4-8-23(10-9-22)14-17-5-2-3-6-21-17/h2-3,5-6,11-12H,4,7-10,13-15H2,1H3. The molecular formula is C20H25N3O3. The van der Waals surface area contributed by atoms with Crippen LogP contribution in [0.3, 0.4) is 0 Å². The number of fused-ring (bicyclic) bond motifs is 1. The summed E-state index contributed by atoms with van der Waals surface area (Å²) in [6.07, 6.45) is 3.03. The van der Waals surface area contributed by atoms with E-state index in [1.54, 1.807) is 7.11 Å². The van der Waals surface area contributed by atoms with Crippen molar-refractivity contribution in [3.05, 3.63) is 47.8 Å². The van der Waals surface area contributed by atoms with Crippen LogP contribution in [-0.2, 0) is 13.1 Å². The van der Waals surface area contributed by atoms with E-state index in [-0.39, 0.29) is 6.79 Å². The van der Waals surface area contributed by atoms with Crippen molar-refractivity contribution in [3.63, 3.8) is 0 Å². The molecule has 0 atom stereocenters. The molecule has 138 valence electrons. The highest BCUT2D eigenvalue weighted by atomic mass is 16.7. The fourth-order valence-corrected chi connectivity index (χ4v) is 3.59. The van der Waals surface area contributed by atoms with Gasteiger partial charge in [0, 0.05) is 32.4 Å². The maximum Gasteiger partial charge on any atom is 0.231 e. The molecule has 2 aromatic rings. The lowest BCUT2D eigenvalue weighted by molar-refractivity contribution is 0.171. The van der Waals surface area contributed by atoms with E-state index < -0.39 is 0 Å². The normalized spacial score (nSPS) is 17.9. The lowest BCUT2D eigenvalue weighted by Gasteiger charge is -2.22. The zero-order valence-electron chi connectivity index (χ0n) is 15.2. The number of ether oxygens (including phenoxy) is 3. The van der Waals surface area contributed by atoms with Crippen LogP contribution in [0.25, 0.3) is 0 Å². The molecule has 0 radical (unpaired) electrons. The van der Waals surface area contributed by atoms with Crippen molar-refractivity contribution < 1.29 is 14.2 Å². The maximum absolute atomic E-state index is 5.54. The number of nitrogens with zero attached hydrogens (tertiary/aromatic N) is 3. The molecule has 26 heavy (non-hydrogen) atoms. The van der Waals surface area contributed by atoms with Crippen LogP contribution >= 0.6 is 0 Å². The van der Waals surface area contributed by atoms with Gasteiger partial charge >= 0.3 is 0 Å². The molecule has 0 unspecified atom stereocenters. The van der Waals surface area contributed by atoms with Gasteiger partial charge in [-0.2, -0.15) is 0 Å². The van der Waals surface area contributed by atoms with Crippen LogP contribution in [0.4, 0.5) is 0 Å². The van der Waals surface area contributed by atoms with E-state index in [9.17, 15) is 0 Å². The van der Waals surface area contributed by atoms with Crippen LogP contribution < -0.4 is 14.2 Å². The topological polar surface area (TPSA) is 47.1 Å². The van der Waals surface area contributed by atoms with E-state index in [1.807, 2.05) is 12.3 Å². The third-order valence-electron chi connectivity index (χ3n) is 4.92. The van der Waals surface area contributed by atoms with Gasteiger partial charge in [-0.3, -0.25) is 14.8 Å². The molecule has 0 bridgehead atoms. The minimum absolute atomic E-state index is 0.265. The molecule has 2 aliphatic heterocycles. The Morgan fingerprint density at radius 2 is 1.88 bits per heavy atom. The lowest BCUT2D eigenvalue weighted by Crippen LogP contribution is -2.30. The van der Waals surface area contributed by atoms with Gasteiger partial charge in [0.1, 0.15) is 0 Å². The van der Waals surface area contributed by atoms with Crippen molar-refractivity contribution in [2.45, 2.75) is 19.5 Å². The van der Waals surface area contributed by atoms with Gasteiger partial charge in [0.2, 0.25) is 12.5 Å². The molecule has 3 heterocycles. The van der Waals surface area contributed by atoms with Crippen molar-refractivity contribution in [1.29, 1.82) is 0 Å². The fraction of sp³-hybridized carbons (Fsp3) is 0.450. The predicted molar refractivity (Wildman–Crippen MR) is 98.5 cm³/mol. The van der Waals surface area contributed by atoms with Gasteiger partial charge < -0.3 is 14.2 Å². The van der Waals surface area contributed by atoms with E-state index >= 15 is 0 Å². The molecule has 1 saturated heterocycles. The fourth-order valence-electron chi connectivity index (χ4n) is 3.59. The Morgan fingerprint density at radius 1 is 1.04 bits per heavy atom. The molecule has 0 spiro atoms. The van der Waals surface area contributed by atoms with Crippen molar-refractivity contribution in [1.82, 2.24) is 14.8 Å². The number of methoxy groups -OCH3 is 1. The lowest BCUT2D eigenvalue weighted by atomic mass is 10.1. The Labute approximate surface area is 154 Å². The summed E-state index contributed by atoms with van der Waals surface area (Å²) >= 11 is 0. The Balaban J connectivity index is 1.38. The largest absolute Gasteiger partial charge is 0.493 e. The number of rotatable bonds is 5. The second-order valence-corrected chi connectivity index (χ2v) is 6.76. The van der Waals surface area contributed by atoms with Crippen molar-refractivity contribution >= 4 is 0 Å². The zero-order valence-corrected chi connectivity index (χ0v) is 15.2. The minimum Gasteiger partial charge on any atom is -0.493 e. The average molecular weight is 355 g/mol. The highest BCUT2D eigenvalue weighted by molar-refractivity contribution is 5.55. The first-order valence-corrected chi connectivity index (χ1v) is 9.13. The third kappa shape index (κ3) is 3.92. The Kier molecular flexibility index (Phi) is 5.22. The molecule has 1 fully saturated rings. The van der Waals surface area contributed by atoms with Gasteiger partial charge in [0.05, 0.1) is 12.8 Å². The van der Waals surface area contributed by atoms with E-state index in [0.717, 1.165) is 62.9 Å². The number of benzene rings is 1. The maximum atomic E-state index is 5.54. The van der Waals surface area contributed by atoms with Crippen LogP contribution in [0.5, 0.6) is 17.2 Å². The molecule has 6 heteroatoms. The molecule has 0 aliphatic carbocycles. The van der Waals surface area contributed by atoms with Crippen molar-refractivity contribution in [2.75, 3.05) is 40.1 Å². The molecule has 1 aromatic carbocycles. The summed E-state index contributed by atoms with van der Waals surface area (Å²) in [4.78, 5) is 9.43. The van der Waals surface area contributed by atoms with Crippen LogP contribution in [0.2, 0.25) is 0 Å². The summed E-state index contributed by atoms with van der Waals surface area (Å²) in [5.74, 6) is 2.25. The predicted octanol–water partition coefficient (Wildman–Crippen LogP) is 2.53. The summed E-state index contributed by atoms with van der Waals surface area (Å²) in [6, 6.07) is 10.2. The first kappa shape index (κ1) is 17.1. The number of pyridine rings is 1. The molecule has 6 nitrogen and oxygen atoms in total. The minimum atomic E-state index is 0.265. The van der Waals surface area contributed by atoms with Gasteiger partial charge in [0.25, 0.3) is 0 Å². The van der Waals surface area contributed by atoms with Gasteiger partial charge in [-0.25, -0.2) is 0 Å². The molecule has 1 aromatic heterocycles. The van der Waals surface area contributed by atoms with Crippen LogP contribution in [0.15, 0.2) is 36.5 Å². The first-order chi connectivity index (χ1) is 12.8. The zero-order chi connectivity index (χ0) is 17.8. The van der Waals surface area contributed by atoms with Crippen molar-refractivity contribution in [3.8, 4) is 17.2 Å². The van der Waals surface area contributed by atoms with E-state index in [4.69, 9.17) is 14.2 Å². The molecule has 0 saturated carbocycles. The Bertz CT molecular complexity index is 739. The van der Waals surface area contributed by atoms with E-state index in [0.29, 0.717) is 5.75 Å². The summed E-state index contributed by atoms with van der Waals surface area (Å²) in [6.45, 7) is 6.38. The van der Waals surface area contributed by atoms with Crippen LogP contribution in [-0.4, -0.2) is 54.9 Å². The van der Waals surface area contributed by atoms with Gasteiger partial charge in [0.15, 0.2) is 11.5 Å². The molecular weight excluding hydrogens is 330 g/mol. The second-order valence-electron chi connectivity index (χ2n) is 6.76. The van der Waals surface area contributed by atoms with Crippen LogP contribution in [0, 0.1) is 0 Å². The Morgan fingerprint density at radius 3 is 2.65 bits per heavy atom. The summed E-state index contributed by atoms with van der Waals surface area (Å²) in [5.41, 5.74) is 2.34. The van der Waals surface area contributed by atoms with Crippen LogP contribution in [0.1, 0.15) is 17.7 Å². The third-order valence-corrected chi connectivity index (χ3v) is 4.92. The number of hydrogen-bond acceptors (Lipinski definition) is 6. The highest BCUT2D eigenvalue weighted by Crippen LogP contribution is 2.42. The summed E-state index contributed by atoms with van der Waals surface area (Å²) < 4.78 is 16.5. The molecule has 2 aliphatic rings. The molecule has 0 amide bonds. The SMILES string of the molecule is COc1cc(CN2CCCN(Cc3ccccn3)CC2)cc2c1OCO2. The Hall–Kier alpha value is -2.31. The molecule has 4 rings (SSSR count). The highest BCUT2D eigenvalue weighted by Gasteiger charge is 2.22. The summed E-state index contributed by atoms with van der Waals surface area (Å²) in [7, 11) is 1.67. The quantitative estimate of drug-likeness (QED) is 0.821. The monoisotopic (exact) mass is 355 g/mol. The smallest absolute Gasteiger partial charge is 0.231 e.